The molecule has 1 N–H and O–H groups in total. The van der Waals surface area contributed by atoms with Crippen molar-refractivity contribution >= 4 is 22.8 Å². The summed E-state index contributed by atoms with van der Waals surface area (Å²) in [4.78, 5) is 24.3. The molecular weight excluding hydrogens is 454 g/mol. The summed E-state index contributed by atoms with van der Waals surface area (Å²) in [5.41, 5.74) is 5.73. The van der Waals surface area contributed by atoms with Gasteiger partial charge in [0, 0.05) is 44.9 Å². The highest BCUT2D eigenvalue weighted by atomic mass is 16.5. The van der Waals surface area contributed by atoms with Gasteiger partial charge in [-0.3, -0.25) is 4.79 Å². The molecule has 0 aliphatic carbocycles. The average molecular weight is 488 g/mol. The van der Waals surface area contributed by atoms with E-state index in [9.17, 15) is 4.79 Å². The molecule has 0 radical (unpaired) electrons. The molecule has 9 heteroatoms. The summed E-state index contributed by atoms with van der Waals surface area (Å²) in [6.07, 6.45) is 1.94. The summed E-state index contributed by atoms with van der Waals surface area (Å²) in [6, 6.07) is 12.2. The molecule has 1 saturated heterocycles. The van der Waals surface area contributed by atoms with E-state index in [0.29, 0.717) is 13.2 Å². The predicted octanol–water partition coefficient (Wildman–Crippen LogP) is 3.80. The average Bonchev–Trinajstić information content (AvgIpc) is 3.48. The smallest absolute Gasteiger partial charge is 0.217 e. The third kappa shape index (κ3) is 4.58. The maximum Gasteiger partial charge on any atom is 0.217 e. The van der Waals surface area contributed by atoms with Gasteiger partial charge in [-0.1, -0.05) is 37.6 Å². The quantitative estimate of drug-likeness (QED) is 0.445. The lowest BCUT2D eigenvalue weighted by Gasteiger charge is -2.29. The highest BCUT2D eigenvalue weighted by Gasteiger charge is 2.27. The van der Waals surface area contributed by atoms with Crippen LogP contribution in [0.1, 0.15) is 38.2 Å². The van der Waals surface area contributed by atoms with Crippen molar-refractivity contribution in [3.8, 4) is 17.1 Å². The summed E-state index contributed by atoms with van der Waals surface area (Å²) in [7, 11) is 1.96. The molecule has 1 atom stereocenters. The van der Waals surface area contributed by atoms with Crippen LogP contribution in [0.15, 0.2) is 42.6 Å². The van der Waals surface area contributed by atoms with Gasteiger partial charge in [-0.25, -0.2) is 14.6 Å². The minimum atomic E-state index is -0.222. The standard InChI is InChI=1S/C27H33N7O2/c1-17(2)24(28-19(4)35)26-30-25-22(33-11-13-36-14-12-33)16-23(29-27(25)32(26)5)34-10-9-21(31-34)20-8-6-7-18(3)15-20/h6-10,15-17,24H,11-14H2,1-5H3,(H,28,35)/t24-/m1/s1. The van der Waals surface area contributed by atoms with Crippen LogP contribution in [0, 0.1) is 12.8 Å². The summed E-state index contributed by atoms with van der Waals surface area (Å²) in [5, 5.41) is 7.92. The first-order valence-corrected chi connectivity index (χ1v) is 12.4. The molecule has 3 aromatic heterocycles. The number of aryl methyl sites for hydroxylation is 2. The fraction of sp³-hybridized carbons (Fsp3) is 0.407. The second-order valence-electron chi connectivity index (χ2n) is 9.74. The maximum atomic E-state index is 12.0. The van der Waals surface area contributed by atoms with Crippen LogP contribution in [0.4, 0.5) is 5.69 Å². The van der Waals surface area contributed by atoms with E-state index in [2.05, 4.69) is 55.3 Å². The number of benzene rings is 1. The number of imidazole rings is 1. The van der Waals surface area contributed by atoms with Gasteiger partial charge in [0.2, 0.25) is 5.91 Å². The number of rotatable bonds is 6. The molecule has 5 rings (SSSR count). The number of anilines is 1. The van der Waals surface area contributed by atoms with E-state index in [1.807, 2.05) is 34.6 Å². The van der Waals surface area contributed by atoms with Crippen molar-refractivity contribution in [1.82, 2.24) is 29.6 Å². The van der Waals surface area contributed by atoms with Gasteiger partial charge in [-0.15, -0.1) is 0 Å². The van der Waals surface area contributed by atoms with E-state index in [4.69, 9.17) is 19.8 Å². The van der Waals surface area contributed by atoms with Crippen molar-refractivity contribution in [2.75, 3.05) is 31.2 Å². The van der Waals surface area contributed by atoms with Crippen molar-refractivity contribution in [2.45, 2.75) is 33.7 Å². The van der Waals surface area contributed by atoms with Gasteiger partial charge in [0.05, 0.1) is 30.6 Å². The van der Waals surface area contributed by atoms with Gasteiger partial charge >= 0.3 is 0 Å². The zero-order valence-electron chi connectivity index (χ0n) is 21.5. The summed E-state index contributed by atoms with van der Waals surface area (Å²) in [6.45, 7) is 10.7. The van der Waals surface area contributed by atoms with Gasteiger partial charge in [-0.05, 0) is 25.0 Å². The normalized spacial score (nSPS) is 15.0. The molecule has 0 saturated carbocycles. The Kier molecular flexibility index (Phi) is 6.49. The Bertz CT molecular complexity index is 1400. The second kappa shape index (κ2) is 9.73. The molecule has 0 unspecified atom stereocenters. The molecule has 0 spiro atoms. The number of nitrogens with zero attached hydrogens (tertiary/aromatic N) is 6. The molecule has 1 aliphatic rings. The summed E-state index contributed by atoms with van der Waals surface area (Å²) in [5.74, 6) is 1.59. The molecule has 188 valence electrons. The van der Waals surface area contributed by atoms with E-state index in [1.165, 1.54) is 12.5 Å². The number of fused-ring (bicyclic) bond motifs is 1. The van der Waals surface area contributed by atoms with Crippen molar-refractivity contribution in [3.63, 3.8) is 0 Å². The van der Waals surface area contributed by atoms with Crippen LogP contribution in [0.2, 0.25) is 0 Å². The number of ether oxygens (including phenoxy) is 1. The fourth-order valence-corrected chi connectivity index (χ4v) is 4.74. The second-order valence-corrected chi connectivity index (χ2v) is 9.74. The first-order valence-electron chi connectivity index (χ1n) is 12.4. The zero-order valence-corrected chi connectivity index (χ0v) is 21.5. The van der Waals surface area contributed by atoms with Crippen LogP contribution < -0.4 is 10.2 Å². The van der Waals surface area contributed by atoms with Crippen LogP contribution >= 0.6 is 0 Å². The molecule has 0 bridgehead atoms. The number of nitrogens with one attached hydrogen (secondary N) is 1. The third-order valence-corrected chi connectivity index (χ3v) is 6.62. The Morgan fingerprint density at radius 3 is 2.58 bits per heavy atom. The van der Waals surface area contributed by atoms with Crippen molar-refractivity contribution in [1.29, 1.82) is 0 Å². The lowest BCUT2D eigenvalue weighted by molar-refractivity contribution is -0.120. The van der Waals surface area contributed by atoms with Gasteiger partial charge < -0.3 is 19.5 Å². The Balaban J connectivity index is 1.65. The van der Waals surface area contributed by atoms with E-state index >= 15 is 0 Å². The number of carbonyl (C=O) groups is 1. The summed E-state index contributed by atoms with van der Waals surface area (Å²) < 4.78 is 9.42. The third-order valence-electron chi connectivity index (χ3n) is 6.62. The van der Waals surface area contributed by atoms with Crippen LogP contribution in [0.25, 0.3) is 28.2 Å². The number of aromatic nitrogens is 5. The van der Waals surface area contributed by atoms with Crippen LogP contribution in [-0.4, -0.2) is 56.5 Å². The SMILES string of the molecule is CC(=O)N[C@@H](c1nc2c(N3CCOCC3)cc(-n3ccc(-c4cccc(C)c4)n3)nc2n1C)C(C)C. The van der Waals surface area contributed by atoms with E-state index in [0.717, 1.165) is 52.8 Å². The minimum Gasteiger partial charge on any atom is -0.378 e. The number of morpholine rings is 1. The molecule has 4 aromatic rings. The molecule has 36 heavy (non-hydrogen) atoms. The van der Waals surface area contributed by atoms with Gasteiger partial charge in [-0.2, -0.15) is 5.10 Å². The van der Waals surface area contributed by atoms with E-state index < -0.39 is 0 Å². The predicted molar refractivity (Wildman–Crippen MR) is 140 cm³/mol. The summed E-state index contributed by atoms with van der Waals surface area (Å²) >= 11 is 0. The van der Waals surface area contributed by atoms with Crippen LogP contribution in [-0.2, 0) is 16.6 Å². The number of hydrogen-bond acceptors (Lipinski definition) is 6. The van der Waals surface area contributed by atoms with Gasteiger partial charge in [0.1, 0.15) is 11.3 Å². The molecule has 4 heterocycles. The lowest BCUT2D eigenvalue weighted by Crippen LogP contribution is -2.36. The number of pyridine rings is 1. The van der Waals surface area contributed by atoms with Crippen LogP contribution in [0.3, 0.4) is 0 Å². The first kappa shape index (κ1) is 24.0. The largest absolute Gasteiger partial charge is 0.378 e. The Morgan fingerprint density at radius 1 is 1.11 bits per heavy atom. The zero-order chi connectivity index (χ0) is 25.4. The Labute approximate surface area is 211 Å². The van der Waals surface area contributed by atoms with E-state index in [1.54, 1.807) is 0 Å². The molecule has 1 aromatic carbocycles. The maximum absolute atomic E-state index is 12.0. The highest BCUT2D eigenvalue weighted by Crippen LogP contribution is 2.32. The molecule has 1 fully saturated rings. The van der Waals surface area contributed by atoms with Crippen LogP contribution in [0.5, 0.6) is 0 Å². The highest BCUT2D eigenvalue weighted by molar-refractivity contribution is 5.88. The number of hydrogen-bond donors (Lipinski definition) is 1. The molecular formula is C27H33N7O2. The topological polar surface area (TPSA) is 90.1 Å². The van der Waals surface area contributed by atoms with Crippen molar-refractivity contribution < 1.29 is 9.53 Å². The Morgan fingerprint density at radius 2 is 1.89 bits per heavy atom. The molecule has 1 amide bonds. The monoisotopic (exact) mass is 487 g/mol. The first-order chi connectivity index (χ1) is 17.3. The molecule has 9 nitrogen and oxygen atoms in total. The number of carbonyl (C=O) groups excluding carboxylic acids is 1. The molecule has 1 aliphatic heterocycles. The van der Waals surface area contributed by atoms with Crippen molar-refractivity contribution in [2.24, 2.45) is 13.0 Å². The van der Waals surface area contributed by atoms with Gasteiger partial charge in [0.25, 0.3) is 0 Å². The van der Waals surface area contributed by atoms with E-state index in [-0.39, 0.29) is 17.9 Å². The Hall–Kier alpha value is -3.72. The lowest BCUT2D eigenvalue weighted by atomic mass is 10.0. The minimum absolute atomic E-state index is 0.0805. The van der Waals surface area contributed by atoms with Crippen molar-refractivity contribution in [3.05, 3.63) is 54.0 Å². The fourth-order valence-electron chi connectivity index (χ4n) is 4.74. The number of amides is 1. The van der Waals surface area contributed by atoms with Gasteiger partial charge in [0.15, 0.2) is 11.5 Å².